The average Bonchev–Trinajstić information content (AvgIpc) is 3.59. The Morgan fingerprint density at radius 2 is 0.964 bits per heavy atom. The van der Waals surface area contributed by atoms with Gasteiger partial charge in [-0.3, -0.25) is 23.7 Å². The Bertz CT molecular complexity index is 2000. The van der Waals surface area contributed by atoms with Gasteiger partial charge in [-0.25, -0.2) is 9.59 Å². The lowest BCUT2D eigenvalue weighted by molar-refractivity contribution is -0.152. The number of carbonyl (C=O) groups excluding carboxylic acids is 5. The number of nitrogens with zero attached hydrogens (tertiary/aromatic N) is 6. The zero-order valence-electron chi connectivity index (χ0n) is 33.5. The van der Waals surface area contributed by atoms with Crippen LogP contribution in [0.15, 0.2) is 48.8 Å². The highest BCUT2D eigenvalue weighted by Crippen LogP contribution is 2.42. The van der Waals surface area contributed by atoms with Crippen LogP contribution in [0.2, 0.25) is 0 Å². The summed E-state index contributed by atoms with van der Waals surface area (Å²) >= 11 is 0. The number of ketones is 1. The SMILES string of the molecule is CC(=O)Nc1cc(CNC(=O)N2CC3(C)CN(C(=O)NCc4cc(Cn5cc(C)c(C)n5)cc(NC(C)=O)c4)CC(C)(C2)C3=O)cc(Cn2cc(C)c(C)n2)c1. The molecule has 296 valence electrons. The van der Waals surface area contributed by atoms with Crippen molar-refractivity contribution in [1.82, 2.24) is 40.0 Å². The van der Waals surface area contributed by atoms with Crippen molar-refractivity contribution in [2.45, 2.75) is 81.6 Å². The van der Waals surface area contributed by atoms with Crippen LogP contribution in [0.25, 0.3) is 0 Å². The van der Waals surface area contributed by atoms with Crippen molar-refractivity contribution >= 4 is 41.0 Å². The van der Waals surface area contributed by atoms with E-state index in [1.165, 1.54) is 13.8 Å². The maximum atomic E-state index is 13.8. The predicted octanol–water partition coefficient (Wildman–Crippen LogP) is 4.66. The van der Waals surface area contributed by atoms with Crippen LogP contribution in [0.5, 0.6) is 0 Å². The molecule has 56 heavy (non-hydrogen) atoms. The number of amides is 6. The minimum Gasteiger partial charge on any atom is -0.334 e. The Morgan fingerprint density at radius 1 is 0.607 bits per heavy atom. The molecule has 0 spiro atoms. The summed E-state index contributed by atoms with van der Waals surface area (Å²) in [6.07, 6.45) is 3.94. The minimum atomic E-state index is -0.975. The van der Waals surface area contributed by atoms with Gasteiger partial charge in [-0.2, -0.15) is 10.2 Å². The van der Waals surface area contributed by atoms with Gasteiger partial charge in [0.05, 0.1) is 35.3 Å². The molecule has 2 aromatic carbocycles. The first-order chi connectivity index (χ1) is 26.4. The van der Waals surface area contributed by atoms with Gasteiger partial charge in [-0.1, -0.05) is 12.1 Å². The lowest BCUT2D eigenvalue weighted by atomic mass is 9.64. The summed E-state index contributed by atoms with van der Waals surface area (Å²) in [7, 11) is 0. The molecule has 0 unspecified atom stereocenters. The number of aryl methyl sites for hydroxylation is 4. The molecule has 2 fully saturated rings. The van der Waals surface area contributed by atoms with Crippen molar-refractivity contribution in [3.05, 3.63) is 93.6 Å². The van der Waals surface area contributed by atoms with E-state index in [4.69, 9.17) is 0 Å². The molecule has 2 aliphatic heterocycles. The molecular weight excluding hydrogens is 713 g/mol. The van der Waals surface area contributed by atoms with E-state index in [-0.39, 0.29) is 68.9 Å². The first kappa shape index (κ1) is 39.7. The lowest BCUT2D eigenvalue weighted by Gasteiger charge is -2.54. The number of piperidine rings is 2. The summed E-state index contributed by atoms with van der Waals surface area (Å²) in [4.78, 5) is 68.4. The summed E-state index contributed by atoms with van der Waals surface area (Å²) in [5.74, 6) is -0.367. The summed E-state index contributed by atoms with van der Waals surface area (Å²) in [6, 6.07) is 10.8. The Hall–Kier alpha value is -5.99. The Balaban J connectivity index is 1.10. The van der Waals surface area contributed by atoms with Gasteiger partial charge in [0.2, 0.25) is 11.8 Å². The molecule has 4 aromatic rings. The van der Waals surface area contributed by atoms with Gasteiger partial charge in [-0.05, 0) is 99.2 Å². The third-order valence-electron chi connectivity index (χ3n) is 10.5. The second-order valence-corrected chi connectivity index (χ2v) is 16.1. The standard InChI is InChI=1S/C41H52N10O5/c1-25-17-50(46-27(25)3)19-33-9-31(11-35(13-33)44-29(5)52)15-42-38(55)48-21-40(7)23-49(24-41(8,22-48)37(40)54)39(56)43-16-32-10-34(14-36(12-32)45-30(6)53)20-51-18-26(2)28(4)47-51/h9-14,17-18H,15-16,19-24H2,1-8H3,(H,42,55)(H,43,56)(H,44,52)(H,45,53). The fraction of sp³-hybridized carbons (Fsp3) is 0.439. The number of hydrogen-bond donors (Lipinski definition) is 4. The lowest BCUT2D eigenvalue weighted by Crippen LogP contribution is -2.70. The van der Waals surface area contributed by atoms with E-state index >= 15 is 0 Å². The van der Waals surface area contributed by atoms with Crippen molar-refractivity contribution in [2.75, 3.05) is 36.8 Å². The summed E-state index contributed by atoms with van der Waals surface area (Å²) in [5.41, 5.74) is 6.78. The number of likely N-dealkylation sites (tertiary alicyclic amines) is 2. The van der Waals surface area contributed by atoms with Crippen LogP contribution in [0.4, 0.5) is 21.0 Å². The number of urea groups is 2. The second-order valence-electron chi connectivity index (χ2n) is 16.1. The zero-order chi connectivity index (χ0) is 40.5. The number of carbonyl (C=O) groups is 5. The van der Waals surface area contributed by atoms with E-state index in [1.807, 2.05) is 99.7 Å². The molecule has 6 rings (SSSR count). The quantitative estimate of drug-likeness (QED) is 0.182. The third-order valence-corrected chi connectivity index (χ3v) is 10.5. The normalized spacial score (nSPS) is 19.1. The van der Waals surface area contributed by atoms with Crippen molar-refractivity contribution in [3.8, 4) is 0 Å². The van der Waals surface area contributed by atoms with Crippen LogP contribution >= 0.6 is 0 Å². The molecule has 0 saturated carbocycles. The average molecular weight is 765 g/mol. The van der Waals surface area contributed by atoms with Gasteiger partial charge in [0.15, 0.2) is 5.78 Å². The van der Waals surface area contributed by atoms with Crippen molar-refractivity contribution in [1.29, 1.82) is 0 Å². The number of aromatic nitrogens is 4. The van der Waals surface area contributed by atoms with Crippen molar-refractivity contribution < 1.29 is 24.0 Å². The van der Waals surface area contributed by atoms with Gasteiger partial charge >= 0.3 is 12.1 Å². The van der Waals surface area contributed by atoms with Gasteiger partial charge < -0.3 is 31.1 Å². The summed E-state index contributed by atoms with van der Waals surface area (Å²) < 4.78 is 3.70. The molecule has 2 saturated heterocycles. The molecule has 2 aliphatic rings. The Kier molecular flexibility index (Phi) is 11.1. The van der Waals surface area contributed by atoms with Crippen LogP contribution < -0.4 is 21.3 Å². The number of anilines is 2. The van der Waals surface area contributed by atoms with Crippen LogP contribution in [0, 0.1) is 38.5 Å². The maximum absolute atomic E-state index is 13.8. The van der Waals surface area contributed by atoms with Crippen LogP contribution in [0.3, 0.4) is 0 Å². The highest BCUT2D eigenvalue weighted by Gasteiger charge is 2.57. The molecule has 0 aliphatic carbocycles. The number of fused-ring (bicyclic) bond motifs is 2. The molecule has 4 N–H and O–H groups in total. The molecule has 15 nitrogen and oxygen atoms in total. The van der Waals surface area contributed by atoms with E-state index in [1.54, 1.807) is 9.80 Å². The van der Waals surface area contributed by atoms with Crippen LogP contribution in [-0.4, -0.2) is 85.2 Å². The number of benzene rings is 2. The Morgan fingerprint density at radius 3 is 1.29 bits per heavy atom. The molecule has 4 heterocycles. The number of rotatable bonds is 10. The molecule has 2 aromatic heterocycles. The number of nitrogens with one attached hydrogen (secondary N) is 4. The van der Waals surface area contributed by atoms with Gasteiger partial charge in [0.25, 0.3) is 0 Å². The number of hydrogen-bond acceptors (Lipinski definition) is 7. The first-order valence-electron chi connectivity index (χ1n) is 18.8. The third kappa shape index (κ3) is 9.09. The molecule has 15 heteroatoms. The Labute approximate surface area is 327 Å². The topological polar surface area (TPSA) is 176 Å². The van der Waals surface area contributed by atoms with E-state index in [9.17, 15) is 24.0 Å². The van der Waals surface area contributed by atoms with Crippen molar-refractivity contribution in [3.63, 3.8) is 0 Å². The van der Waals surface area contributed by atoms with E-state index in [2.05, 4.69) is 31.5 Å². The van der Waals surface area contributed by atoms with E-state index in [0.29, 0.717) is 24.5 Å². The van der Waals surface area contributed by atoms with Gasteiger partial charge in [-0.15, -0.1) is 0 Å². The fourth-order valence-corrected chi connectivity index (χ4v) is 8.01. The molecule has 0 atom stereocenters. The smallest absolute Gasteiger partial charge is 0.317 e. The molecular formula is C41H52N10O5. The minimum absolute atomic E-state index is 0.0339. The van der Waals surface area contributed by atoms with Gasteiger partial charge in [0.1, 0.15) is 0 Å². The number of Topliss-reactive ketones (excluding diaryl/α,β-unsaturated/α-hetero) is 1. The monoisotopic (exact) mass is 764 g/mol. The van der Waals surface area contributed by atoms with E-state index < -0.39 is 10.8 Å². The fourth-order valence-electron chi connectivity index (χ4n) is 8.01. The van der Waals surface area contributed by atoms with Crippen LogP contribution in [0.1, 0.15) is 72.5 Å². The van der Waals surface area contributed by atoms with Crippen molar-refractivity contribution in [2.24, 2.45) is 10.8 Å². The highest BCUT2D eigenvalue weighted by molar-refractivity contribution is 5.95. The first-order valence-corrected chi connectivity index (χ1v) is 18.8. The predicted molar refractivity (Wildman–Crippen MR) is 212 cm³/mol. The molecule has 0 radical (unpaired) electrons. The highest BCUT2D eigenvalue weighted by atomic mass is 16.2. The van der Waals surface area contributed by atoms with Crippen LogP contribution in [-0.2, 0) is 40.6 Å². The van der Waals surface area contributed by atoms with E-state index in [0.717, 1.165) is 44.8 Å². The largest absolute Gasteiger partial charge is 0.334 e. The van der Waals surface area contributed by atoms with Gasteiger partial charge in [0, 0.05) is 76.9 Å². The second kappa shape index (κ2) is 15.6. The summed E-state index contributed by atoms with van der Waals surface area (Å²) in [5, 5.41) is 20.9. The maximum Gasteiger partial charge on any atom is 0.317 e. The zero-order valence-corrected chi connectivity index (χ0v) is 33.5. The molecule has 2 bridgehead atoms. The molecule has 6 amide bonds. The summed E-state index contributed by atoms with van der Waals surface area (Å²) in [6.45, 7) is 16.4.